The van der Waals surface area contributed by atoms with Gasteiger partial charge in [-0.05, 0) is 31.6 Å². The van der Waals surface area contributed by atoms with Crippen molar-refractivity contribution in [3.05, 3.63) is 17.5 Å². The van der Waals surface area contributed by atoms with Crippen LogP contribution in [0.4, 0.5) is 0 Å². The van der Waals surface area contributed by atoms with E-state index in [1.807, 2.05) is 6.07 Å². The van der Waals surface area contributed by atoms with E-state index in [9.17, 15) is 4.79 Å². The molecule has 1 amide bonds. The molecule has 7 nitrogen and oxygen atoms in total. The first-order valence-corrected chi connectivity index (χ1v) is 9.72. The van der Waals surface area contributed by atoms with Crippen LogP contribution in [0.15, 0.2) is 15.6 Å². The minimum Gasteiger partial charge on any atom is -0.359 e. The molecule has 0 aromatic carbocycles. The van der Waals surface area contributed by atoms with E-state index in [1.165, 1.54) is 0 Å². The highest BCUT2D eigenvalue weighted by Crippen LogP contribution is 2.23. The van der Waals surface area contributed by atoms with E-state index < -0.39 is 0 Å². The first kappa shape index (κ1) is 20.3. The number of rotatable bonds is 7. The molecule has 0 radical (unpaired) electrons. The smallest absolute Gasteiger partial charge is 0.220 e. The normalized spacial score (nSPS) is 16.2. The largest absolute Gasteiger partial charge is 0.359 e. The van der Waals surface area contributed by atoms with E-state index >= 15 is 0 Å². The molecule has 1 aliphatic heterocycles. The summed E-state index contributed by atoms with van der Waals surface area (Å²) >= 11 is 0. The number of nitrogens with one attached hydrogen (secondary N) is 2. The average Bonchev–Trinajstić information content (AvgIpc) is 3.13. The first-order chi connectivity index (χ1) is 12.6. The molecule has 7 heteroatoms. The van der Waals surface area contributed by atoms with Gasteiger partial charge in [-0.15, -0.1) is 0 Å². The Labute approximate surface area is 156 Å². The van der Waals surface area contributed by atoms with Gasteiger partial charge in [0.25, 0.3) is 0 Å². The topological polar surface area (TPSA) is 82.8 Å². The molecule has 2 heterocycles. The van der Waals surface area contributed by atoms with Crippen LogP contribution in [0.3, 0.4) is 0 Å². The van der Waals surface area contributed by atoms with Crippen molar-refractivity contribution in [1.29, 1.82) is 0 Å². The quantitative estimate of drug-likeness (QED) is 0.574. The maximum absolute atomic E-state index is 11.5. The molecule has 1 aliphatic rings. The molecule has 0 bridgehead atoms. The van der Waals surface area contributed by atoms with Crippen molar-refractivity contribution in [3.8, 4) is 0 Å². The van der Waals surface area contributed by atoms with E-state index in [4.69, 9.17) is 4.52 Å². The number of guanidine groups is 1. The summed E-state index contributed by atoms with van der Waals surface area (Å²) in [5.41, 5.74) is 1.04. The molecule has 1 aromatic heterocycles. The van der Waals surface area contributed by atoms with Gasteiger partial charge in [-0.1, -0.05) is 19.0 Å². The number of hydrogen-bond donors (Lipinski definition) is 2. The van der Waals surface area contributed by atoms with Gasteiger partial charge in [-0.25, -0.2) is 0 Å². The van der Waals surface area contributed by atoms with Crippen LogP contribution in [0.2, 0.25) is 0 Å². The van der Waals surface area contributed by atoms with Crippen LogP contribution >= 0.6 is 0 Å². The lowest BCUT2D eigenvalue weighted by atomic mass is 9.93. The van der Waals surface area contributed by atoms with Crippen LogP contribution in [-0.2, 0) is 11.3 Å². The second-order valence-electron chi connectivity index (χ2n) is 6.94. The van der Waals surface area contributed by atoms with Crippen LogP contribution in [-0.4, -0.2) is 49.1 Å². The molecule has 2 N–H and O–H groups in total. The van der Waals surface area contributed by atoms with Crippen molar-refractivity contribution < 1.29 is 9.32 Å². The fourth-order valence-corrected chi connectivity index (χ4v) is 3.52. The summed E-state index contributed by atoms with van der Waals surface area (Å²) in [4.78, 5) is 18.2. The van der Waals surface area contributed by atoms with Gasteiger partial charge in [0, 0.05) is 45.6 Å². The molecule has 1 fully saturated rings. The van der Waals surface area contributed by atoms with Crippen molar-refractivity contribution in [3.63, 3.8) is 0 Å². The second kappa shape index (κ2) is 10.2. The van der Waals surface area contributed by atoms with Gasteiger partial charge in [0.05, 0.1) is 12.2 Å². The van der Waals surface area contributed by atoms with E-state index in [-0.39, 0.29) is 5.91 Å². The Morgan fingerprint density at radius 1 is 1.38 bits per heavy atom. The maximum atomic E-state index is 11.5. The van der Waals surface area contributed by atoms with Gasteiger partial charge in [0.2, 0.25) is 5.91 Å². The number of amides is 1. The van der Waals surface area contributed by atoms with Crippen molar-refractivity contribution in [2.24, 2.45) is 10.9 Å². The molecular formula is C19H33N5O2. The lowest BCUT2D eigenvalue weighted by molar-refractivity contribution is -0.121. The van der Waals surface area contributed by atoms with Gasteiger partial charge in [0.15, 0.2) is 11.7 Å². The number of hydrogen-bond acceptors (Lipinski definition) is 4. The van der Waals surface area contributed by atoms with Gasteiger partial charge in [-0.2, -0.15) is 0 Å². The van der Waals surface area contributed by atoms with E-state index in [0.717, 1.165) is 56.2 Å². The van der Waals surface area contributed by atoms with Crippen LogP contribution < -0.4 is 10.6 Å². The van der Waals surface area contributed by atoms with Crippen molar-refractivity contribution >= 4 is 11.9 Å². The summed E-state index contributed by atoms with van der Waals surface area (Å²) < 4.78 is 5.47. The van der Waals surface area contributed by atoms with E-state index in [0.29, 0.717) is 24.8 Å². The number of carbonyl (C=O) groups excluding carboxylic acids is 1. The predicted octanol–water partition coefficient (Wildman–Crippen LogP) is 2.50. The zero-order chi connectivity index (χ0) is 18.9. The van der Waals surface area contributed by atoms with Crippen molar-refractivity contribution in [2.45, 2.75) is 58.4 Å². The highest BCUT2D eigenvalue weighted by molar-refractivity contribution is 5.80. The Morgan fingerprint density at radius 3 is 2.65 bits per heavy atom. The monoisotopic (exact) mass is 363 g/mol. The van der Waals surface area contributed by atoms with Gasteiger partial charge >= 0.3 is 0 Å². The average molecular weight is 364 g/mol. The van der Waals surface area contributed by atoms with Gasteiger partial charge < -0.3 is 20.1 Å². The Kier molecular flexibility index (Phi) is 7.94. The van der Waals surface area contributed by atoms with Crippen LogP contribution in [0.25, 0.3) is 0 Å². The van der Waals surface area contributed by atoms with Crippen molar-refractivity contribution in [1.82, 2.24) is 20.7 Å². The molecule has 146 valence electrons. The SMILES string of the molecule is CCC(CC)c1cc(CNC(=NC)N2CCC(CC(=O)NC)CC2)on1. The van der Waals surface area contributed by atoms with E-state index in [1.54, 1.807) is 14.1 Å². The maximum Gasteiger partial charge on any atom is 0.220 e. The lowest BCUT2D eigenvalue weighted by Gasteiger charge is -2.33. The lowest BCUT2D eigenvalue weighted by Crippen LogP contribution is -2.45. The molecule has 0 atom stereocenters. The Morgan fingerprint density at radius 2 is 2.08 bits per heavy atom. The third kappa shape index (κ3) is 5.47. The standard InChI is InChI=1S/C19H33N5O2/c1-5-15(6-2)17-12-16(26-23-17)13-22-19(21-4)24-9-7-14(8-10-24)11-18(25)20-3/h12,14-15H,5-11,13H2,1-4H3,(H,20,25)(H,21,22). The number of likely N-dealkylation sites (tertiary alicyclic amines) is 1. The molecule has 0 unspecified atom stereocenters. The summed E-state index contributed by atoms with van der Waals surface area (Å²) in [5.74, 6) is 2.77. The molecule has 1 aromatic rings. The van der Waals surface area contributed by atoms with Gasteiger partial charge in [0.1, 0.15) is 0 Å². The molecule has 0 aliphatic carbocycles. The number of aromatic nitrogens is 1. The summed E-state index contributed by atoms with van der Waals surface area (Å²) in [6.45, 7) is 6.76. The van der Waals surface area contributed by atoms with Crippen LogP contribution in [0, 0.1) is 5.92 Å². The molecule has 0 saturated carbocycles. The summed E-state index contributed by atoms with van der Waals surface area (Å²) in [7, 11) is 3.50. The second-order valence-corrected chi connectivity index (χ2v) is 6.94. The van der Waals surface area contributed by atoms with Crippen LogP contribution in [0.5, 0.6) is 0 Å². The number of nitrogens with zero attached hydrogens (tertiary/aromatic N) is 3. The first-order valence-electron chi connectivity index (χ1n) is 9.72. The molecular weight excluding hydrogens is 330 g/mol. The zero-order valence-corrected chi connectivity index (χ0v) is 16.5. The highest BCUT2D eigenvalue weighted by Gasteiger charge is 2.23. The Hall–Kier alpha value is -2.05. The zero-order valence-electron chi connectivity index (χ0n) is 16.5. The molecule has 2 rings (SSSR count). The number of piperidine rings is 1. The number of aliphatic imine (C=N–C) groups is 1. The van der Waals surface area contributed by atoms with Crippen LogP contribution in [0.1, 0.15) is 63.3 Å². The Bertz CT molecular complexity index is 587. The fraction of sp³-hybridized carbons (Fsp3) is 0.737. The predicted molar refractivity (Wildman–Crippen MR) is 103 cm³/mol. The minimum absolute atomic E-state index is 0.129. The highest BCUT2D eigenvalue weighted by atomic mass is 16.5. The third-order valence-electron chi connectivity index (χ3n) is 5.28. The minimum atomic E-state index is 0.129. The van der Waals surface area contributed by atoms with E-state index in [2.05, 4.69) is 39.5 Å². The van der Waals surface area contributed by atoms with Crippen molar-refractivity contribution in [2.75, 3.05) is 27.2 Å². The summed E-state index contributed by atoms with van der Waals surface area (Å²) in [6, 6.07) is 2.05. The molecule has 0 spiro atoms. The van der Waals surface area contributed by atoms with Gasteiger partial charge in [-0.3, -0.25) is 9.79 Å². The fourth-order valence-electron chi connectivity index (χ4n) is 3.52. The Balaban J connectivity index is 1.82. The third-order valence-corrected chi connectivity index (χ3v) is 5.28. The molecule has 26 heavy (non-hydrogen) atoms. The number of carbonyl (C=O) groups is 1. The molecule has 1 saturated heterocycles. The summed E-state index contributed by atoms with van der Waals surface area (Å²) in [5, 5.41) is 10.3. The summed E-state index contributed by atoms with van der Waals surface area (Å²) in [6.07, 6.45) is 4.78.